The summed E-state index contributed by atoms with van der Waals surface area (Å²) in [5.74, 6) is 1.02. The molecule has 176 valence electrons. The van der Waals surface area contributed by atoms with Gasteiger partial charge in [-0.2, -0.15) is 0 Å². The third kappa shape index (κ3) is 5.29. The number of ether oxygens (including phenoxy) is 1. The Balaban J connectivity index is 0.00000324. The molecule has 0 unspecified atom stereocenters. The molecule has 0 amide bonds. The van der Waals surface area contributed by atoms with Crippen molar-refractivity contribution in [2.24, 2.45) is 0 Å². The highest BCUT2D eigenvalue weighted by molar-refractivity contribution is 8.01. The van der Waals surface area contributed by atoms with Crippen LogP contribution in [0.3, 0.4) is 0 Å². The van der Waals surface area contributed by atoms with Crippen molar-refractivity contribution in [2.75, 3.05) is 13.3 Å². The molecule has 0 heterocycles. The molecule has 34 heavy (non-hydrogen) atoms. The lowest BCUT2D eigenvalue weighted by Gasteiger charge is -2.29. The lowest BCUT2D eigenvalue weighted by Crippen LogP contribution is -3.00. The number of hydrogen-bond donors (Lipinski definition) is 1. The van der Waals surface area contributed by atoms with E-state index in [0.29, 0.717) is 6.23 Å². The maximum Gasteiger partial charge on any atom is 0.224 e. The molecular formula is C28H30BrO3PSi. The van der Waals surface area contributed by atoms with Crippen molar-refractivity contribution in [1.82, 2.24) is 0 Å². The summed E-state index contributed by atoms with van der Waals surface area (Å²) in [5.41, 5.74) is 0. The van der Waals surface area contributed by atoms with Gasteiger partial charge in [0.2, 0.25) is 8.32 Å². The Labute approximate surface area is 214 Å². The van der Waals surface area contributed by atoms with Crippen LogP contribution in [0.1, 0.15) is 0 Å². The lowest BCUT2D eigenvalue weighted by molar-refractivity contribution is -0.00000849. The van der Waals surface area contributed by atoms with Gasteiger partial charge >= 0.3 is 0 Å². The zero-order chi connectivity index (χ0) is 23.3. The Kier molecular flexibility index (Phi) is 8.72. The van der Waals surface area contributed by atoms with E-state index in [1.54, 1.807) is 13.2 Å². The van der Waals surface area contributed by atoms with Crippen LogP contribution >= 0.6 is 7.26 Å². The first kappa shape index (κ1) is 26.2. The molecular weight excluding hydrogens is 523 g/mol. The number of rotatable bonds is 8. The maximum absolute atomic E-state index is 10.7. The number of phenols is 1. The average Bonchev–Trinajstić information content (AvgIpc) is 2.86. The largest absolute Gasteiger partial charge is 1.00 e. The highest BCUT2D eigenvalue weighted by Crippen LogP contribution is 2.56. The molecule has 0 bridgehead atoms. The Hall–Kier alpha value is -2.43. The molecule has 1 N–H and O–H groups in total. The maximum atomic E-state index is 10.7. The van der Waals surface area contributed by atoms with Crippen LogP contribution in [0.15, 0.2) is 109 Å². The van der Waals surface area contributed by atoms with Gasteiger partial charge in [-0.3, -0.25) is 0 Å². The van der Waals surface area contributed by atoms with Crippen LogP contribution in [0.2, 0.25) is 13.1 Å². The van der Waals surface area contributed by atoms with E-state index in [1.807, 2.05) is 30.3 Å². The van der Waals surface area contributed by atoms with Crippen molar-refractivity contribution >= 4 is 36.8 Å². The van der Waals surface area contributed by atoms with Crippen LogP contribution in [0.4, 0.5) is 0 Å². The summed E-state index contributed by atoms with van der Waals surface area (Å²) in [6, 6.07) is 37.3. The summed E-state index contributed by atoms with van der Waals surface area (Å²) >= 11 is 0. The molecule has 4 aromatic rings. The molecule has 3 nitrogen and oxygen atoms in total. The van der Waals surface area contributed by atoms with E-state index in [0.717, 1.165) is 11.1 Å². The molecule has 0 radical (unpaired) electrons. The quantitative estimate of drug-likeness (QED) is 0.267. The van der Waals surface area contributed by atoms with Crippen molar-refractivity contribution in [3.05, 3.63) is 109 Å². The second kappa shape index (κ2) is 11.3. The van der Waals surface area contributed by atoms with Crippen LogP contribution in [-0.2, 0) is 4.43 Å². The number of benzene rings is 4. The SMILES string of the molecule is CO[Si](C)(C)COc1ccc(O)cc1[P+](c1ccccc1)(c1ccccc1)c1ccccc1.[Br-]. The molecule has 6 heteroatoms. The van der Waals surface area contributed by atoms with Gasteiger partial charge in [0.25, 0.3) is 0 Å². The molecule has 0 saturated heterocycles. The molecule has 0 aromatic heterocycles. The first-order valence-corrected chi connectivity index (χ1v) is 16.0. The van der Waals surface area contributed by atoms with Crippen LogP contribution in [0, 0.1) is 0 Å². The Bertz CT molecular complexity index is 1090. The third-order valence-corrected chi connectivity index (χ3v) is 12.1. The highest BCUT2D eigenvalue weighted by Gasteiger charge is 2.50. The fourth-order valence-electron chi connectivity index (χ4n) is 4.02. The molecule has 0 aliphatic rings. The predicted octanol–water partition coefficient (Wildman–Crippen LogP) is 1.79. The van der Waals surface area contributed by atoms with E-state index in [-0.39, 0.29) is 22.7 Å². The van der Waals surface area contributed by atoms with Gasteiger partial charge in [0.15, 0.2) is 11.1 Å². The van der Waals surface area contributed by atoms with Crippen molar-refractivity contribution < 1.29 is 31.3 Å². The topological polar surface area (TPSA) is 38.7 Å². The van der Waals surface area contributed by atoms with Crippen molar-refractivity contribution in [3.8, 4) is 11.5 Å². The van der Waals surface area contributed by atoms with Gasteiger partial charge in [0, 0.05) is 13.2 Å². The van der Waals surface area contributed by atoms with Crippen molar-refractivity contribution in [3.63, 3.8) is 0 Å². The minimum atomic E-state index is -2.37. The minimum absolute atomic E-state index is 0. The normalized spacial score (nSPS) is 11.5. The van der Waals surface area contributed by atoms with Crippen LogP contribution < -0.4 is 42.9 Å². The van der Waals surface area contributed by atoms with Gasteiger partial charge in [-0.1, -0.05) is 54.6 Å². The monoisotopic (exact) mass is 552 g/mol. The summed E-state index contributed by atoms with van der Waals surface area (Å²) in [6.45, 7) is 4.28. The van der Waals surface area contributed by atoms with Gasteiger partial charge < -0.3 is 31.3 Å². The number of halogens is 1. The molecule has 4 rings (SSSR count). The second-order valence-corrected chi connectivity index (χ2v) is 16.2. The molecule has 0 spiro atoms. The summed E-state index contributed by atoms with van der Waals surface area (Å²) in [6.07, 6.45) is 0.527. The Morgan fingerprint density at radius 2 is 1.15 bits per heavy atom. The minimum Gasteiger partial charge on any atom is -1.00 e. The summed E-state index contributed by atoms with van der Waals surface area (Å²) in [7, 11) is -2.58. The van der Waals surface area contributed by atoms with E-state index in [9.17, 15) is 5.11 Å². The van der Waals surface area contributed by atoms with Crippen molar-refractivity contribution in [2.45, 2.75) is 13.1 Å². The standard InChI is InChI=1S/C28H29O3PSi.BrH/c1-30-33(2,3)22-31-27-20-19-23(29)21-28(27)32(24-13-7-4-8-14-24,25-15-9-5-10-16-25)26-17-11-6-12-18-26;/h4-21H,22H2,1-3H3;1H. The number of phenolic OH excluding ortho intramolecular Hbond substituents is 1. The fourth-order valence-corrected chi connectivity index (χ4v) is 9.02. The average molecular weight is 554 g/mol. The predicted molar refractivity (Wildman–Crippen MR) is 143 cm³/mol. The van der Waals surface area contributed by atoms with Crippen LogP contribution in [0.5, 0.6) is 11.5 Å². The lowest BCUT2D eigenvalue weighted by atomic mass is 10.3. The third-order valence-electron chi connectivity index (χ3n) is 5.86. The highest BCUT2D eigenvalue weighted by atomic mass is 79.9. The summed E-state index contributed by atoms with van der Waals surface area (Å²) < 4.78 is 12.2. The smallest absolute Gasteiger partial charge is 0.224 e. The van der Waals surface area contributed by atoms with Gasteiger partial charge in [-0.25, -0.2) is 0 Å². The Morgan fingerprint density at radius 3 is 1.56 bits per heavy atom. The van der Waals surface area contributed by atoms with Crippen molar-refractivity contribution in [1.29, 1.82) is 0 Å². The van der Waals surface area contributed by atoms with E-state index in [1.165, 1.54) is 15.9 Å². The van der Waals surface area contributed by atoms with Gasteiger partial charge in [-0.05, 0) is 61.6 Å². The van der Waals surface area contributed by atoms with E-state index in [2.05, 4.69) is 85.9 Å². The fraction of sp³-hybridized carbons (Fsp3) is 0.143. The number of hydrogen-bond acceptors (Lipinski definition) is 3. The molecule has 0 aliphatic carbocycles. The zero-order valence-electron chi connectivity index (χ0n) is 19.7. The van der Waals surface area contributed by atoms with Gasteiger partial charge in [0.05, 0.1) is 0 Å². The first-order chi connectivity index (χ1) is 16.0. The molecule has 4 aromatic carbocycles. The second-order valence-electron chi connectivity index (χ2n) is 8.58. The van der Waals surface area contributed by atoms with Gasteiger partial charge in [0.1, 0.15) is 35.2 Å². The first-order valence-electron chi connectivity index (χ1n) is 11.0. The summed E-state index contributed by atoms with van der Waals surface area (Å²) in [4.78, 5) is 0. The van der Waals surface area contributed by atoms with E-state index < -0.39 is 15.6 Å². The molecule has 0 aliphatic heterocycles. The molecule has 0 saturated carbocycles. The number of aromatic hydroxyl groups is 1. The Morgan fingerprint density at radius 1 is 0.706 bits per heavy atom. The van der Waals surface area contributed by atoms with Crippen LogP contribution in [0.25, 0.3) is 0 Å². The van der Waals surface area contributed by atoms with Crippen LogP contribution in [-0.4, -0.2) is 26.8 Å². The molecule has 0 fully saturated rings. The van der Waals surface area contributed by atoms with Gasteiger partial charge in [-0.15, -0.1) is 0 Å². The molecule has 0 atom stereocenters. The van der Waals surface area contributed by atoms with E-state index >= 15 is 0 Å². The van der Waals surface area contributed by atoms with E-state index in [4.69, 9.17) is 9.16 Å². The zero-order valence-corrected chi connectivity index (χ0v) is 23.2. The summed E-state index contributed by atoms with van der Waals surface area (Å²) in [5, 5.41) is 15.3.